The second-order valence-corrected chi connectivity index (χ2v) is 6.78. The quantitative estimate of drug-likeness (QED) is 0.854. The Bertz CT molecular complexity index is 781. The first-order valence-corrected chi connectivity index (χ1v) is 8.84. The summed E-state index contributed by atoms with van der Waals surface area (Å²) in [5, 5.41) is 0. The number of aromatic nitrogens is 3. The number of carbonyl (C=O) groups excluding carboxylic acids is 1. The number of Topliss-reactive ketones (excluding diaryl/α,β-unsaturated/α-hetero) is 1. The van der Waals surface area contributed by atoms with Crippen LogP contribution in [0.25, 0.3) is 11.2 Å². The lowest BCUT2D eigenvalue weighted by atomic mass is 9.87. The van der Waals surface area contributed by atoms with Crippen molar-refractivity contribution in [2.75, 3.05) is 0 Å². The molecule has 0 aromatic carbocycles. The van der Waals surface area contributed by atoms with Gasteiger partial charge < -0.3 is 0 Å². The molecule has 0 aliphatic heterocycles. The summed E-state index contributed by atoms with van der Waals surface area (Å²) < 4.78 is 2.17. The highest BCUT2D eigenvalue weighted by molar-refractivity contribution is 5.91. The predicted octanol–water partition coefficient (Wildman–Crippen LogP) is 4.09. The van der Waals surface area contributed by atoms with Crippen LogP contribution in [0.4, 0.5) is 0 Å². The Morgan fingerprint density at radius 1 is 1.30 bits per heavy atom. The maximum atomic E-state index is 11.9. The van der Waals surface area contributed by atoms with Gasteiger partial charge in [-0.1, -0.05) is 32.3 Å². The van der Waals surface area contributed by atoms with Crippen LogP contribution in [0.3, 0.4) is 0 Å². The number of ketones is 1. The predicted molar refractivity (Wildman–Crippen MR) is 90.4 cm³/mol. The molecule has 23 heavy (non-hydrogen) atoms. The van der Waals surface area contributed by atoms with E-state index in [0.29, 0.717) is 18.8 Å². The molecule has 1 saturated carbocycles. The van der Waals surface area contributed by atoms with Crippen molar-refractivity contribution in [3.63, 3.8) is 0 Å². The summed E-state index contributed by atoms with van der Waals surface area (Å²) in [5.74, 6) is 0.874. The minimum absolute atomic E-state index is 0.286. The Balaban J connectivity index is 1.73. The highest BCUT2D eigenvalue weighted by Gasteiger charge is 2.23. The van der Waals surface area contributed by atoms with E-state index in [1.807, 2.05) is 13.1 Å². The third-order valence-electron chi connectivity index (χ3n) is 5.25. The molecule has 0 N–H and O–H groups in total. The number of allylic oxidation sites excluding steroid dienone is 2. The minimum atomic E-state index is 0.286. The van der Waals surface area contributed by atoms with Gasteiger partial charge in [0.2, 0.25) is 0 Å². The Kier molecular flexibility index (Phi) is 3.76. The molecule has 2 aromatic rings. The van der Waals surface area contributed by atoms with Crippen molar-refractivity contribution >= 4 is 17.0 Å². The van der Waals surface area contributed by atoms with Crippen molar-refractivity contribution in [3.8, 4) is 0 Å². The van der Waals surface area contributed by atoms with Crippen LogP contribution in [0.1, 0.15) is 74.9 Å². The average molecular weight is 309 g/mol. The van der Waals surface area contributed by atoms with Crippen molar-refractivity contribution in [1.82, 2.24) is 14.4 Å². The Morgan fingerprint density at radius 2 is 2.13 bits per heavy atom. The summed E-state index contributed by atoms with van der Waals surface area (Å²) in [6.07, 6.45) is 14.6. The van der Waals surface area contributed by atoms with E-state index in [-0.39, 0.29) is 5.78 Å². The summed E-state index contributed by atoms with van der Waals surface area (Å²) in [5.41, 5.74) is 5.43. The molecule has 0 atom stereocenters. The van der Waals surface area contributed by atoms with Gasteiger partial charge in [-0.3, -0.25) is 14.2 Å². The smallest absolute Gasteiger partial charge is 0.156 e. The Labute approximate surface area is 136 Å². The van der Waals surface area contributed by atoms with E-state index in [1.165, 1.54) is 37.8 Å². The molecule has 2 aliphatic rings. The van der Waals surface area contributed by atoms with E-state index in [2.05, 4.69) is 21.7 Å². The van der Waals surface area contributed by atoms with Gasteiger partial charge in [-0.25, -0.2) is 4.98 Å². The van der Waals surface area contributed by atoms with Crippen LogP contribution in [-0.4, -0.2) is 20.2 Å². The number of nitrogens with zero attached hydrogens (tertiary/aromatic N) is 3. The second-order valence-electron chi connectivity index (χ2n) is 6.78. The van der Waals surface area contributed by atoms with Crippen LogP contribution >= 0.6 is 0 Å². The number of hydrogen-bond acceptors (Lipinski definition) is 3. The first-order chi connectivity index (χ1) is 11.3. The van der Waals surface area contributed by atoms with E-state index >= 15 is 0 Å². The van der Waals surface area contributed by atoms with E-state index in [4.69, 9.17) is 4.98 Å². The monoisotopic (exact) mass is 309 g/mol. The molecule has 4 rings (SSSR count). The molecular weight excluding hydrogens is 286 g/mol. The summed E-state index contributed by atoms with van der Waals surface area (Å²) >= 11 is 0. The van der Waals surface area contributed by atoms with E-state index in [9.17, 15) is 4.79 Å². The van der Waals surface area contributed by atoms with E-state index in [0.717, 1.165) is 29.0 Å². The molecule has 4 heteroatoms. The molecule has 2 aromatic heterocycles. The van der Waals surface area contributed by atoms with E-state index in [1.54, 1.807) is 0 Å². The molecule has 2 heterocycles. The maximum absolute atomic E-state index is 11.9. The van der Waals surface area contributed by atoms with Gasteiger partial charge in [-0.2, -0.15) is 0 Å². The zero-order chi connectivity index (χ0) is 15.8. The van der Waals surface area contributed by atoms with Crippen molar-refractivity contribution in [1.29, 1.82) is 0 Å². The Hall–Kier alpha value is -1.97. The third-order valence-corrected chi connectivity index (χ3v) is 5.25. The van der Waals surface area contributed by atoms with Crippen molar-refractivity contribution in [2.24, 2.45) is 0 Å². The molecule has 1 fully saturated rings. The van der Waals surface area contributed by atoms with Gasteiger partial charge in [-0.15, -0.1) is 0 Å². The molecule has 120 valence electrons. The average Bonchev–Trinajstić information content (AvgIpc) is 3.19. The largest absolute Gasteiger partial charge is 0.299 e. The highest BCUT2D eigenvalue weighted by Crippen LogP contribution is 2.34. The van der Waals surface area contributed by atoms with Crippen LogP contribution < -0.4 is 0 Å². The SMILES string of the molecule is CCC(=O)CC1=CCc2ncc3nc(C4CCCCC4)cn3c21. The molecule has 0 radical (unpaired) electrons. The first kappa shape index (κ1) is 14.6. The number of imidazole rings is 1. The molecule has 0 saturated heterocycles. The van der Waals surface area contributed by atoms with Crippen LogP contribution in [0, 0.1) is 0 Å². The van der Waals surface area contributed by atoms with Crippen molar-refractivity contribution in [2.45, 2.75) is 64.2 Å². The van der Waals surface area contributed by atoms with E-state index < -0.39 is 0 Å². The number of fused-ring (bicyclic) bond motifs is 3. The summed E-state index contributed by atoms with van der Waals surface area (Å²) in [4.78, 5) is 21.3. The maximum Gasteiger partial charge on any atom is 0.156 e. The fourth-order valence-corrected chi connectivity index (χ4v) is 3.91. The van der Waals surface area contributed by atoms with Gasteiger partial charge in [0.05, 0.1) is 23.3 Å². The van der Waals surface area contributed by atoms with Crippen molar-refractivity contribution < 1.29 is 4.79 Å². The number of rotatable bonds is 4. The molecule has 0 amide bonds. The molecule has 0 unspecified atom stereocenters. The lowest BCUT2D eigenvalue weighted by Crippen LogP contribution is -2.04. The zero-order valence-corrected chi connectivity index (χ0v) is 13.7. The normalized spacial score (nSPS) is 18.2. The molecule has 0 spiro atoms. The lowest BCUT2D eigenvalue weighted by Gasteiger charge is -2.19. The van der Waals surface area contributed by atoms with Gasteiger partial charge in [0.25, 0.3) is 0 Å². The van der Waals surface area contributed by atoms with Gasteiger partial charge in [0.15, 0.2) is 5.65 Å². The lowest BCUT2D eigenvalue weighted by molar-refractivity contribution is -0.117. The molecule has 4 nitrogen and oxygen atoms in total. The summed E-state index contributed by atoms with van der Waals surface area (Å²) in [7, 11) is 0. The second kappa shape index (κ2) is 5.91. The highest BCUT2D eigenvalue weighted by atomic mass is 16.1. The summed E-state index contributed by atoms with van der Waals surface area (Å²) in [6.45, 7) is 1.93. The van der Waals surface area contributed by atoms with Gasteiger partial charge >= 0.3 is 0 Å². The van der Waals surface area contributed by atoms with Gasteiger partial charge in [0.1, 0.15) is 5.78 Å². The summed E-state index contributed by atoms with van der Waals surface area (Å²) in [6, 6.07) is 0. The van der Waals surface area contributed by atoms with Crippen LogP contribution in [0.15, 0.2) is 18.5 Å². The van der Waals surface area contributed by atoms with Gasteiger partial charge in [0, 0.05) is 31.4 Å². The zero-order valence-electron chi connectivity index (χ0n) is 13.7. The van der Waals surface area contributed by atoms with Crippen LogP contribution in [-0.2, 0) is 11.2 Å². The van der Waals surface area contributed by atoms with Gasteiger partial charge in [-0.05, 0) is 18.4 Å². The van der Waals surface area contributed by atoms with Crippen LogP contribution in [0.5, 0.6) is 0 Å². The third kappa shape index (κ3) is 2.60. The minimum Gasteiger partial charge on any atom is -0.299 e. The molecule has 0 bridgehead atoms. The Morgan fingerprint density at radius 3 is 2.91 bits per heavy atom. The fourth-order valence-electron chi connectivity index (χ4n) is 3.91. The first-order valence-electron chi connectivity index (χ1n) is 8.84. The fraction of sp³-hybridized carbons (Fsp3) is 0.526. The van der Waals surface area contributed by atoms with Crippen molar-refractivity contribution in [3.05, 3.63) is 35.6 Å². The number of hydrogen-bond donors (Lipinski definition) is 0. The molecule has 2 aliphatic carbocycles. The molecular formula is C19H23N3O. The number of carbonyl (C=O) groups is 1. The topological polar surface area (TPSA) is 47.3 Å². The van der Waals surface area contributed by atoms with Crippen LogP contribution in [0.2, 0.25) is 0 Å². The standard InChI is InChI=1S/C19H23N3O/c1-2-15(23)10-14-8-9-16-19(14)22-12-17(21-18(22)11-20-16)13-6-4-3-5-7-13/h8,11-13H,2-7,9-10H2,1H3.